The van der Waals surface area contributed by atoms with E-state index in [9.17, 15) is 19.7 Å². The van der Waals surface area contributed by atoms with Crippen LogP contribution in [0.4, 0.5) is 5.69 Å². The lowest BCUT2D eigenvalue weighted by Crippen LogP contribution is -2.09. The highest BCUT2D eigenvalue weighted by Crippen LogP contribution is 2.41. The number of carbonyl (C=O) groups is 2. The number of carbonyl (C=O) groups excluding carboxylic acids is 2. The predicted molar refractivity (Wildman–Crippen MR) is 133 cm³/mol. The van der Waals surface area contributed by atoms with Crippen LogP contribution in [0.5, 0.6) is 5.75 Å². The fourth-order valence-corrected chi connectivity index (χ4v) is 4.07. The SMILES string of the molecule is CCOC(=O)c1c(-c2ccccc2)oc2c1cc(OC(=O)c1cccc([N+](=O)[O-])c1)c1ccccc12. The maximum absolute atomic E-state index is 13.1. The zero-order valence-electron chi connectivity index (χ0n) is 19.1. The zero-order chi connectivity index (χ0) is 25.2. The molecular weight excluding hydrogens is 462 g/mol. The number of hydrogen-bond donors (Lipinski definition) is 0. The molecule has 0 fully saturated rings. The monoisotopic (exact) mass is 481 g/mol. The molecule has 0 aliphatic carbocycles. The number of nitrogens with zero attached hydrogens (tertiary/aromatic N) is 1. The Hall–Kier alpha value is -4.98. The third-order valence-corrected chi connectivity index (χ3v) is 5.67. The summed E-state index contributed by atoms with van der Waals surface area (Å²) in [5.74, 6) is -0.814. The molecule has 5 aromatic rings. The van der Waals surface area contributed by atoms with Gasteiger partial charge in [0.2, 0.25) is 0 Å². The summed E-state index contributed by atoms with van der Waals surface area (Å²) >= 11 is 0. The molecule has 0 amide bonds. The molecule has 8 heteroatoms. The molecule has 0 radical (unpaired) electrons. The van der Waals surface area contributed by atoms with Crippen LogP contribution in [0.25, 0.3) is 33.1 Å². The molecule has 0 bridgehead atoms. The summed E-state index contributed by atoms with van der Waals surface area (Å²) in [6.07, 6.45) is 0. The van der Waals surface area contributed by atoms with Gasteiger partial charge in [-0.2, -0.15) is 0 Å². The summed E-state index contributed by atoms with van der Waals surface area (Å²) in [5, 5.41) is 12.8. The van der Waals surface area contributed by atoms with Gasteiger partial charge in [0, 0.05) is 33.9 Å². The number of nitro groups is 1. The van der Waals surface area contributed by atoms with Crippen LogP contribution in [0, 0.1) is 10.1 Å². The van der Waals surface area contributed by atoms with E-state index in [4.69, 9.17) is 13.9 Å². The van der Waals surface area contributed by atoms with Crippen LogP contribution in [-0.2, 0) is 4.74 Å². The molecule has 0 N–H and O–H groups in total. The lowest BCUT2D eigenvalue weighted by Gasteiger charge is -2.09. The van der Waals surface area contributed by atoms with Gasteiger partial charge in [0.25, 0.3) is 5.69 Å². The minimum atomic E-state index is -0.771. The van der Waals surface area contributed by atoms with E-state index in [0.29, 0.717) is 33.1 Å². The maximum Gasteiger partial charge on any atom is 0.343 e. The van der Waals surface area contributed by atoms with E-state index in [0.717, 1.165) is 6.07 Å². The van der Waals surface area contributed by atoms with Gasteiger partial charge < -0.3 is 13.9 Å². The molecule has 4 aromatic carbocycles. The molecule has 0 atom stereocenters. The number of non-ortho nitro benzene ring substituents is 1. The lowest BCUT2D eigenvalue weighted by atomic mass is 10.0. The van der Waals surface area contributed by atoms with Gasteiger partial charge in [-0.05, 0) is 19.1 Å². The standard InChI is InChI=1S/C28H19NO7/c1-2-34-28(31)24-22-16-23(35-27(30)18-11-8-12-19(15-18)29(32)33)20-13-6-7-14-21(20)26(22)36-25(24)17-9-4-3-5-10-17/h3-16H,2H2,1H3. The van der Waals surface area contributed by atoms with Gasteiger partial charge in [-0.15, -0.1) is 0 Å². The Balaban J connectivity index is 1.71. The Kier molecular flexibility index (Phi) is 5.92. The number of rotatable bonds is 6. The van der Waals surface area contributed by atoms with Gasteiger partial charge in [0.1, 0.15) is 22.7 Å². The molecule has 5 rings (SSSR count). The first-order chi connectivity index (χ1) is 17.5. The van der Waals surface area contributed by atoms with Crippen LogP contribution in [0.3, 0.4) is 0 Å². The van der Waals surface area contributed by atoms with Crippen molar-refractivity contribution in [3.05, 3.63) is 106 Å². The predicted octanol–water partition coefficient (Wildman–Crippen LogP) is 6.56. The molecule has 0 saturated heterocycles. The second-order valence-corrected chi connectivity index (χ2v) is 7.89. The average molecular weight is 481 g/mol. The van der Waals surface area contributed by atoms with E-state index in [1.165, 1.54) is 18.2 Å². The Morgan fingerprint density at radius 1 is 0.861 bits per heavy atom. The second-order valence-electron chi connectivity index (χ2n) is 7.89. The van der Waals surface area contributed by atoms with Crippen LogP contribution in [0.2, 0.25) is 0 Å². The Labute approximate surface area is 204 Å². The number of ether oxygens (including phenoxy) is 2. The molecule has 0 saturated carbocycles. The third kappa shape index (κ3) is 4.05. The van der Waals surface area contributed by atoms with Crippen molar-refractivity contribution in [2.75, 3.05) is 6.61 Å². The maximum atomic E-state index is 13.1. The summed E-state index contributed by atoms with van der Waals surface area (Å²) in [5.41, 5.74) is 1.16. The minimum absolute atomic E-state index is 0.0242. The van der Waals surface area contributed by atoms with Gasteiger partial charge in [0.05, 0.1) is 17.1 Å². The van der Waals surface area contributed by atoms with Crippen LogP contribution in [0.1, 0.15) is 27.6 Å². The number of nitro benzene ring substituents is 1. The number of furan rings is 1. The smallest absolute Gasteiger partial charge is 0.343 e. The number of esters is 2. The van der Waals surface area contributed by atoms with Crippen molar-refractivity contribution >= 4 is 39.4 Å². The van der Waals surface area contributed by atoms with Crippen LogP contribution in [-0.4, -0.2) is 23.5 Å². The fourth-order valence-electron chi connectivity index (χ4n) is 4.07. The number of fused-ring (bicyclic) bond motifs is 3. The molecule has 36 heavy (non-hydrogen) atoms. The normalized spacial score (nSPS) is 10.9. The molecule has 178 valence electrons. The van der Waals surface area contributed by atoms with Gasteiger partial charge in [-0.1, -0.05) is 60.7 Å². The van der Waals surface area contributed by atoms with Crippen molar-refractivity contribution in [2.24, 2.45) is 0 Å². The fraction of sp³-hybridized carbons (Fsp3) is 0.0714. The van der Waals surface area contributed by atoms with E-state index < -0.39 is 16.9 Å². The summed E-state index contributed by atoms with van der Waals surface area (Å²) in [6.45, 7) is 1.88. The average Bonchev–Trinajstić information content (AvgIpc) is 3.29. The van der Waals surface area contributed by atoms with Crippen molar-refractivity contribution in [3.63, 3.8) is 0 Å². The summed E-state index contributed by atoms with van der Waals surface area (Å²) in [4.78, 5) is 36.6. The Morgan fingerprint density at radius 2 is 1.58 bits per heavy atom. The van der Waals surface area contributed by atoms with Gasteiger partial charge in [0.15, 0.2) is 0 Å². The van der Waals surface area contributed by atoms with Crippen molar-refractivity contribution in [1.29, 1.82) is 0 Å². The molecule has 0 unspecified atom stereocenters. The van der Waals surface area contributed by atoms with Crippen LogP contribution >= 0.6 is 0 Å². The first kappa shape index (κ1) is 22.8. The quantitative estimate of drug-likeness (QED) is 0.117. The van der Waals surface area contributed by atoms with Crippen molar-refractivity contribution in [3.8, 4) is 17.1 Å². The van der Waals surface area contributed by atoms with Crippen LogP contribution in [0.15, 0.2) is 89.3 Å². The molecule has 0 aliphatic heterocycles. The Bertz CT molecular complexity index is 1640. The highest BCUT2D eigenvalue weighted by molar-refractivity contribution is 6.17. The van der Waals surface area contributed by atoms with E-state index >= 15 is 0 Å². The first-order valence-corrected chi connectivity index (χ1v) is 11.2. The van der Waals surface area contributed by atoms with Crippen LogP contribution < -0.4 is 4.74 Å². The summed E-state index contributed by atoms with van der Waals surface area (Å²) < 4.78 is 17.3. The molecule has 0 aliphatic rings. The lowest BCUT2D eigenvalue weighted by molar-refractivity contribution is -0.384. The molecule has 8 nitrogen and oxygen atoms in total. The second kappa shape index (κ2) is 9.34. The van der Waals surface area contributed by atoms with Gasteiger partial charge in [-0.3, -0.25) is 10.1 Å². The largest absolute Gasteiger partial charge is 0.462 e. The molecule has 1 heterocycles. The minimum Gasteiger partial charge on any atom is -0.462 e. The third-order valence-electron chi connectivity index (χ3n) is 5.67. The summed E-state index contributed by atoms with van der Waals surface area (Å²) in [7, 11) is 0. The van der Waals surface area contributed by atoms with Gasteiger partial charge >= 0.3 is 11.9 Å². The van der Waals surface area contributed by atoms with E-state index in [1.54, 1.807) is 31.2 Å². The topological polar surface area (TPSA) is 109 Å². The van der Waals surface area contributed by atoms with E-state index in [-0.39, 0.29) is 29.2 Å². The Morgan fingerprint density at radius 3 is 2.31 bits per heavy atom. The number of benzene rings is 4. The molecule has 1 aromatic heterocycles. The molecule has 0 spiro atoms. The highest BCUT2D eigenvalue weighted by atomic mass is 16.6. The van der Waals surface area contributed by atoms with E-state index in [2.05, 4.69) is 0 Å². The van der Waals surface area contributed by atoms with Crippen molar-refractivity contribution < 1.29 is 28.4 Å². The summed E-state index contributed by atoms with van der Waals surface area (Å²) in [6, 6.07) is 23.2. The zero-order valence-corrected chi connectivity index (χ0v) is 19.1. The van der Waals surface area contributed by atoms with Crippen molar-refractivity contribution in [2.45, 2.75) is 6.92 Å². The van der Waals surface area contributed by atoms with Gasteiger partial charge in [-0.25, -0.2) is 9.59 Å². The number of hydrogen-bond acceptors (Lipinski definition) is 7. The first-order valence-electron chi connectivity index (χ1n) is 11.2. The van der Waals surface area contributed by atoms with Crippen molar-refractivity contribution in [1.82, 2.24) is 0 Å². The molecular formula is C28H19NO7. The highest BCUT2D eigenvalue weighted by Gasteiger charge is 2.26. The van der Waals surface area contributed by atoms with E-state index in [1.807, 2.05) is 36.4 Å².